The minimum atomic E-state index is -0.229. The van der Waals surface area contributed by atoms with Gasteiger partial charge in [0.05, 0.1) is 5.41 Å². The summed E-state index contributed by atoms with van der Waals surface area (Å²) >= 11 is 0. The molecule has 1 fully saturated rings. The fourth-order valence-electron chi connectivity index (χ4n) is 2.17. The molecule has 0 radical (unpaired) electrons. The van der Waals surface area contributed by atoms with E-state index in [1.165, 1.54) is 12.1 Å². The molecule has 98 valence electrons. The lowest BCUT2D eigenvalue weighted by atomic mass is 10.1. The van der Waals surface area contributed by atoms with Crippen LogP contribution in [0.3, 0.4) is 0 Å². The minimum absolute atomic E-state index is 0.119. The molecular weight excluding hydrogens is 231 g/mol. The number of carbonyl (C=O) groups is 1. The number of amides is 1. The molecule has 1 saturated carbocycles. The zero-order valence-corrected chi connectivity index (χ0v) is 10.6. The molecule has 1 aliphatic rings. The van der Waals surface area contributed by atoms with Crippen molar-refractivity contribution in [3.8, 4) is 0 Å². The molecule has 3 nitrogen and oxygen atoms in total. The van der Waals surface area contributed by atoms with Crippen molar-refractivity contribution in [2.45, 2.75) is 19.3 Å². The standard InChI is InChI=1S/C14H19FN2O/c1-16-10-14(6-7-14)13(18)17-8-5-11-3-2-4-12(15)9-11/h2-4,9,16H,5-8,10H2,1H3,(H,17,18). The summed E-state index contributed by atoms with van der Waals surface area (Å²) in [5.41, 5.74) is 0.727. The lowest BCUT2D eigenvalue weighted by Gasteiger charge is -2.14. The Hall–Kier alpha value is -1.42. The summed E-state index contributed by atoms with van der Waals surface area (Å²) in [7, 11) is 1.86. The van der Waals surface area contributed by atoms with E-state index in [1.54, 1.807) is 6.07 Å². The quantitative estimate of drug-likeness (QED) is 0.803. The lowest BCUT2D eigenvalue weighted by Crippen LogP contribution is -2.38. The van der Waals surface area contributed by atoms with E-state index in [0.717, 1.165) is 24.9 Å². The first-order valence-electron chi connectivity index (χ1n) is 6.34. The third-order valence-corrected chi connectivity index (χ3v) is 3.44. The van der Waals surface area contributed by atoms with Crippen molar-refractivity contribution < 1.29 is 9.18 Å². The van der Waals surface area contributed by atoms with E-state index in [-0.39, 0.29) is 17.1 Å². The van der Waals surface area contributed by atoms with Crippen molar-refractivity contribution in [3.63, 3.8) is 0 Å². The number of rotatable bonds is 6. The van der Waals surface area contributed by atoms with Crippen LogP contribution in [0.2, 0.25) is 0 Å². The molecule has 1 amide bonds. The number of benzene rings is 1. The van der Waals surface area contributed by atoms with Crippen LogP contribution in [0.5, 0.6) is 0 Å². The van der Waals surface area contributed by atoms with Crippen molar-refractivity contribution in [2.75, 3.05) is 20.1 Å². The van der Waals surface area contributed by atoms with Crippen molar-refractivity contribution in [2.24, 2.45) is 5.41 Å². The number of hydrogen-bond donors (Lipinski definition) is 2. The van der Waals surface area contributed by atoms with Crippen LogP contribution in [0.15, 0.2) is 24.3 Å². The normalized spacial score (nSPS) is 16.3. The highest BCUT2D eigenvalue weighted by atomic mass is 19.1. The first kappa shape index (κ1) is 13.0. The molecule has 0 aromatic heterocycles. The van der Waals surface area contributed by atoms with Crippen LogP contribution in [0.25, 0.3) is 0 Å². The largest absolute Gasteiger partial charge is 0.355 e. The highest BCUT2D eigenvalue weighted by molar-refractivity contribution is 5.85. The van der Waals surface area contributed by atoms with Gasteiger partial charge in [-0.1, -0.05) is 12.1 Å². The van der Waals surface area contributed by atoms with Crippen molar-refractivity contribution >= 4 is 5.91 Å². The Morgan fingerprint density at radius 2 is 2.22 bits per heavy atom. The monoisotopic (exact) mass is 250 g/mol. The van der Waals surface area contributed by atoms with E-state index < -0.39 is 0 Å². The van der Waals surface area contributed by atoms with E-state index in [4.69, 9.17) is 0 Å². The maximum Gasteiger partial charge on any atom is 0.227 e. The number of carbonyl (C=O) groups excluding carboxylic acids is 1. The fraction of sp³-hybridized carbons (Fsp3) is 0.500. The van der Waals surface area contributed by atoms with Gasteiger partial charge in [0, 0.05) is 13.1 Å². The summed E-state index contributed by atoms with van der Waals surface area (Å²) in [6.45, 7) is 1.30. The van der Waals surface area contributed by atoms with Crippen molar-refractivity contribution in [1.29, 1.82) is 0 Å². The van der Waals surface area contributed by atoms with Crippen molar-refractivity contribution in [1.82, 2.24) is 10.6 Å². The van der Waals surface area contributed by atoms with Crippen molar-refractivity contribution in [3.05, 3.63) is 35.6 Å². The van der Waals surface area contributed by atoms with Gasteiger partial charge in [-0.15, -0.1) is 0 Å². The Labute approximate surface area is 107 Å². The first-order valence-corrected chi connectivity index (χ1v) is 6.34. The molecule has 0 aliphatic heterocycles. The van der Waals surface area contributed by atoms with Gasteiger partial charge in [-0.3, -0.25) is 4.79 Å². The number of hydrogen-bond acceptors (Lipinski definition) is 2. The Morgan fingerprint density at radius 1 is 1.44 bits per heavy atom. The summed E-state index contributed by atoms with van der Waals surface area (Å²) in [4.78, 5) is 11.9. The molecular formula is C14H19FN2O. The van der Waals surface area contributed by atoms with Crippen LogP contribution >= 0.6 is 0 Å². The van der Waals surface area contributed by atoms with Gasteiger partial charge in [0.15, 0.2) is 0 Å². The molecule has 2 rings (SSSR count). The molecule has 18 heavy (non-hydrogen) atoms. The summed E-state index contributed by atoms with van der Waals surface area (Å²) < 4.78 is 13.0. The van der Waals surface area contributed by atoms with Crippen LogP contribution in [-0.4, -0.2) is 26.0 Å². The van der Waals surface area contributed by atoms with Crippen LogP contribution < -0.4 is 10.6 Å². The van der Waals surface area contributed by atoms with Gasteiger partial charge in [0.1, 0.15) is 5.82 Å². The average Bonchev–Trinajstić information content (AvgIpc) is 3.11. The lowest BCUT2D eigenvalue weighted by molar-refractivity contribution is -0.126. The van der Waals surface area contributed by atoms with E-state index in [9.17, 15) is 9.18 Å². The molecule has 2 N–H and O–H groups in total. The maximum absolute atomic E-state index is 13.0. The minimum Gasteiger partial charge on any atom is -0.355 e. The molecule has 1 aromatic rings. The third-order valence-electron chi connectivity index (χ3n) is 3.44. The topological polar surface area (TPSA) is 41.1 Å². The second-order valence-electron chi connectivity index (χ2n) is 4.95. The molecule has 1 aromatic carbocycles. The van der Waals surface area contributed by atoms with E-state index in [1.807, 2.05) is 13.1 Å². The Balaban J connectivity index is 1.77. The second-order valence-corrected chi connectivity index (χ2v) is 4.95. The molecule has 4 heteroatoms. The molecule has 0 saturated heterocycles. The third kappa shape index (κ3) is 3.07. The molecule has 0 bridgehead atoms. The molecule has 1 aliphatic carbocycles. The summed E-state index contributed by atoms with van der Waals surface area (Å²) in [6, 6.07) is 6.49. The highest BCUT2D eigenvalue weighted by Crippen LogP contribution is 2.45. The zero-order chi connectivity index (χ0) is 13.0. The van der Waals surface area contributed by atoms with Crippen LogP contribution in [0.4, 0.5) is 4.39 Å². The molecule has 0 spiro atoms. The van der Waals surface area contributed by atoms with Gasteiger partial charge in [0.25, 0.3) is 0 Å². The average molecular weight is 250 g/mol. The van der Waals surface area contributed by atoms with E-state index >= 15 is 0 Å². The van der Waals surface area contributed by atoms with Crippen LogP contribution in [0.1, 0.15) is 18.4 Å². The summed E-state index contributed by atoms with van der Waals surface area (Å²) in [5, 5.41) is 5.99. The van der Waals surface area contributed by atoms with Crippen LogP contribution in [0, 0.1) is 11.2 Å². The van der Waals surface area contributed by atoms with Gasteiger partial charge in [-0.25, -0.2) is 4.39 Å². The Kier molecular flexibility index (Phi) is 3.97. The molecule has 0 unspecified atom stereocenters. The number of nitrogens with one attached hydrogen (secondary N) is 2. The zero-order valence-electron chi connectivity index (χ0n) is 10.6. The fourth-order valence-corrected chi connectivity index (χ4v) is 2.17. The number of halogens is 1. The Bertz CT molecular complexity index is 430. The SMILES string of the molecule is CNCC1(C(=O)NCCc2cccc(F)c2)CC1. The maximum atomic E-state index is 13.0. The molecule has 0 atom stereocenters. The summed E-state index contributed by atoms with van der Waals surface area (Å²) in [6.07, 6.45) is 2.58. The van der Waals surface area contributed by atoms with Gasteiger partial charge in [-0.2, -0.15) is 0 Å². The molecule has 0 heterocycles. The predicted octanol–water partition coefficient (Wildman–Crippen LogP) is 1.48. The second kappa shape index (κ2) is 5.48. The van der Waals surface area contributed by atoms with Gasteiger partial charge in [-0.05, 0) is 44.0 Å². The highest BCUT2D eigenvalue weighted by Gasteiger charge is 2.48. The van der Waals surface area contributed by atoms with E-state index in [0.29, 0.717) is 13.0 Å². The Morgan fingerprint density at radius 3 is 2.83 bits per heavy atom. The van der Waals surface area contributed by atoms with Crippen LogP contribution in [-0.2, 0) is 11.2 Å². The van der Waals surface area contributed by atoms with Gasteiger partial charge in [0.2, 0.25) is 5.91 Å². The van der Waals surface area contributed by atoms with Gasteiger partial charge < -0.3 is 10.6 Å². The van der Waals surface area contributed by atoms with Gasteiger partial charge >= 0.3 is 0 Å². The summed E-state index contributed by atoms with van der Waals surface area (Å²) in [5.74, 6) is -0.110. The predicted molar refractivity (Wildman–Crippen MR) is 68.7 cm³/mol. The first-order chi connectivity index (χ1) is 8.66. The smallest absolute Gasteiger partial charge is 0.227 e. The van der Waals surface area contributed by atoms with E-state index in [2.05, 4.69) is 10.6 Å².